The topological polar surface area (TPSA) is 41.1 Å². The number of halogens is 1. The highest BCUT2D eigenvalue weighted by Gasteiger charge is 2.01. The smallest absolute Gasteiger partial charge is 0.251 e. The molecule has 0 spiro atoms. The van der Waals surface area contributed by atoms with Gasteiger partial charge in [-0.15, -0.1) is 0 Å². The Labute approximate surface area is 100 Å². The molecule has 0 fully saturated rings. The van der Waals surface area contributed by atoms with Crippen molar-refractivity contribution >= 4 is 17.5 Å². The molecule has 1 aromatic carbocycles. The van der Waals surface area contributed by atoms with Crippen LogP contribution in [0.3, 0.4) is 0 Å². The molecule has 3 nitrogen and oxygen atoms in total. The van der Waals surface area contributed by atoms with Gasteiger partial charge in [-0.05, 0) is 17.7 Å². The highest BCUT2D eigenvalue weighted by molar-refractivity contribution is 6.29. The van der Waals surface area contributed by atoms with E-state index in [1.165, 1.54) is 0 Å². The van der Waals surface area contributed by atoms with Crippen molar-refractivity contribution in [3.63, 3.8) is 0 Å². The summed E-state index contributed by atoms with van der Waals surface area (Å²) in [6.07, 6.45) is 0. The summed E-state index contributed by atoms with van der Waals surface area (Å²) >= 11 is 5.62. The van der Waals surface area contributed by atoms with Crippen LogP contribution in [0.4, 0.5) is 0 Å². The van der Waals surface area contributed by atoms with Crippen LogP contribution in [0.15, 0.2) is 35.9 Å². The summed E-state index contributed by atoms with van der Waals surface area (Å²) in [6, 6.07) is 7.42. The second kappa shape index (κ2) is 6.30. The number of amides is 1. The van der Waals surface area contributed by atoms with Crippen LogP contribution in [0.25, 0.3) is 0 Å². The molecule has 0 bridgehead atoms. The summed E-state index contributed by atoms with van der Waals surface area (Å²) in [5.41, 5.74) is 1.76. The number of hydrogen-bond donors (Lipinski definition) is 2. The molecule has 0 radical (unpaired) electrons. The van der Waals surface area contributed by atoms with E-state index in [-0.39, 0.29) is 5.91 Å². The predicted octanol–water partition coefficient (Wildman–Crippen LogP) is 1.89. The quantitative estimate of drug-likeness (QED) is 0.823. The van der Waals surface area contributed by atoms with E-state index in [0.717, 1.165) is 5.56 Å². The van der Waals surface area contributed by atoms with E-state index in [0.29, 0.717) is 23.7 Å². The summed E-state index contributed by atoms with van der Waals surface area (Å²) < 4.78 is 0. The molecule has 0 saturated carbocycles. The summed E-state index contributed by atoms with van der Waals surface area (Å²) in [7, 11) is 1.61. The fourth-order valence-electron chi connectivity index (χ4n) is 1.26. The van der Waals surface area contributed by atoms with Gasteiger partial charge in [-0.3, -0.25) is 4.79 Å². The zero-order valence-electron chi connectivity index (χ0n) is 9.22. The maximum absolute atomic E-state index is 11.3. The van der Waals surface area contributed by atoms with Crippen molar-refractivity contribution < 1.29 is 4.79 Å². The summed E-state index contributed by atoms with van der Waals surface area (Å²) in [5, 5.41) is 6.29. The van der Waals surface area contributed by atoms with Crippen molar-refractivity contribution in [2.75, 3.05) is 13.6 Å². The maximum Gasteiger partial charge on any atom is 0.251 e. The SMILES string of the molecule is C=C(Cl)CNCc1ccc(C(=O)NC)cc1. The lowest BCUT2D eigenvalue weighted by Gasteiger charge is -2.04. The Kier molecular flexibility index (Phi) is 5.02. The van der Waals surface area contributed by atoms with Gasteiger partial charge in [0.15, 0.2) is 0 Å². The van der Waals surface area contributed by atoms with Crippen molar-refractivity contribution in [2.45, 2.75) is 6.54 Å². The lowest BCUT2D eigenvalue weighted by Crippen LogP contribution is -2.18. The molecule has 0 aliphatic rings. The van der Waals surface area contributed by atoms with Crippen molar-refractivity contribution in [1.82, 2.24) is 10.6 Å². The van der Waals surface area contributed by atoms with E-state index in [1.54, 1.807) is 19.2 Å². The van der Waals surface area contributed by atoms with E-state index in [1.807, 2.05) is 12.1 Å². The van der Waals surface area contributed by atoms with Crippen LogP contribution in [0, 0.1) is 0 Å². The number of carbonyl (C=O) groups is 1. The Balaban J connectivity index is 2.51. The normalized spacial score (nSPS) is 9.88. The zero-order valence-corrected chi connectivity index (χ0v) is 9.97. The average Bonchev–Trinajstić information content (AvgIpc) is 2.28. The van der Waals surface area contributed by atoms with E-state index >= 15 is 0 Å². The molecule has 2 N–H and O–H groups in total. The van der Waals surface area contributed by atoms with Gasteiger partial charge in [0.25, 0.3) is 5.91 Å². The lowest BCUT2D eigenvalue weighted by molar-refractivity contribution is 0.0963. The Morgan fingerprint density at radius 2 is 2.00 bits per heavy atom. The molecule has 0 saturated heterocycles. The van der Waals surface area contributed by atoms with Gasteiger partial charge in [0.1, 0.15) is 0 Å². The van der Waals surface area contributed by atoms with E-state index in [4.69, 9.17) is 11.6 Å². The fourth-order valence-corrected chi connectivity index (χ4v) is 1.36. The first-order valence-corrected chi connectivity index (χ1v) is 5.36. The number of carbonyl (C=O) groups excluding carboxylic acids is 1. The van der Waals surface area contributed by atoms with Gasteiger partial charge in [0.05, 0.1) is 0 Å². The molecule has 86 valence electrons. The van der Waals surface area contributed by atoms with Gasteiger partial charge in [-0.1, -0.05) is 30.3 Å². The van der Waals surface area contributed by atoms with Crippen LogP contribution < -0.4 is 10.6 Å². The molecule has 0 heterocycles. The van der Waals surface area contributed by atoms with Crippen LogP contribution in [0.2, 0.25) is 0 Å². The highest BCUT2D eigenvalue weighted by atomic mass is 35.5. The van der Waals surface area contributed by atoms with Crippen LogP contribution in [-0.2, 0) is 6.54 Å². The molecule has 1 rings (SSSR count). The molecular formula is C12H15ClN2O. The third kappa shape index (κ3) is 4.04. The largest absolute Gasteiger partial charge is 0.355 e. The molecule has 0 atom stereocenters. The van der Waals surface area contributed by atoms with Crippen molar-refractivity contribution in [3.8, 4) is 0 Å². The second-order valence-corrected chi connectivity index (χ2v) is 3.93. The number of nitrogens with one attached hydrogen (secondary N) is 2. The Bertz CT molecular complexity index is 373. The predicted molar refractivity (Wildman–Crippen MR) is 66.5 cm³/mol. The van der Waals surface area contributed by atoms with Gasteiger partial charge in [-0.2, -0.15) is 0 Å². The minimum absolute atomic E-state index is 0.0753. The number of benzene rings is 1. The highest BCUT2D eigenvalue weighted by Crippen LogP contribution is 2.04. The van der Waals surface area contributed by atoms with E-state index in [9.17, 15) is 4.79 Å². The Hall–Kier alpha value is -1.32. The molecule has 0 aromatic heterocycles. The standard InChI is InChI=1S/C12H15ClN2O/c1-9(13)7-15-8-10-3-5-11(6-4-10)12(16)14-2/h3-6,15H,1,7-8H2,2H3,(H,14,16). The monoisotopic (exact) mass is 238 g/mol. The summed E-state index contributed by atoms with van der Waals surface area (Å²) in [4.78, 5) is 11.3. The van der Waals surface area contributed by atoms with Gasteiger partial charge >= 0.3 is 0 Å². The first-order chi connectivity index (χ1) is 7.63. The van der Waals surface area contributed by atoms with Crippen LogP contribution in [0.1, 0.15) is 15.9 Å². The molecule has 0 aliphatic heterocycles. The molecule has 0 unspecified atom stereocenters. The number of rotatable bonds is 5. The third-order valence-electron chi connectivity index (χ3n) is 2.09. The number of hydrogen-bond acceptors (Lipinski definition) is 2. The molecule has 1 aromatic rings. The van der Waals surface area contributed by atoms with Gasteiger partial charge in [-0.25, -0.2) is 0 Å². The molecule has 4 heteroatoms. The summed E-state index contributed by atoms with van der Waals surface area (Å²) in [5.74, 6) is -0.0753. The van der Waals surface area contributed by atoms with E-state index in [2.05, 4.69) is 17.2 Å². The Morgan fingerprint density at radius 1 is 1.38 bits per heavy atom. The first-order valence-electron chi connectivity index (χ1n) is 4.98. The maximum atomic E-state index is 11.3. The zero-order chi connectivity index (χ0) is 12.0. The van der Waals surface area contributed by atoms with Crippen LogP contribution >= 0.6 is 11.6 Å². The first kappa shape index (κ1) is 12.7. The Morgan fingerprint density at radius 3 is 2.50 bits per heavy atom. The second-order valence-electron chi connectivity index (χ2n) is 3.40. The fraction of sp³-hybridized carbons (Fsp3) is 0.250. The van der Waals surface area contributed by atoms with Crippen molar-refractivity contribution in [3.05, 3.63) is 47.0 Å². The van der Waals surface area contributed by atoms with Gasteiger partial charge < -0.3 is 10.6 Å². The molecule has 16 heavy (non-hydrogen) atoms. The third-order valence-corrected chi connectivity index (χ3v) is 2.22. The summed E-state index contributed by atoms with van der Waals surface area (Å²) in [6.45, 7) is 4.87. The van der Waals surface area contributed by atoms with Crippen LogP contribution in [0.5, 0.6) is 0 Å². The molecule has 0 aliphatic carbocycles. The van der Waals surface area contributed by atoms with Gasteiger partial charge in [0.2, 0.25) is 0 Å². The lowest BCUT2D eigenvalue weighted by atomic mass is 10.1. The molecule has 1 amide bonds. The average molecular weight is 239 g/mol. The van der Waals surface area contributed by atoms with Crippen molar-refractivity contribution in [1.29, 1.82) is 0 Å². The minimum Gasteiger partial charge on any atom is -0.355 e. The van der Waals surface area contributed by atoms with Gasteiger partial charge in [0, 0.05) is 30.7 Å². The van der Waals surface area contributed by atoms with Crippen LogP contribution in [-0.4, -0.2) is 19.5 Å². The minimum atomic E-state index is -0.0753. The van der Waals surface area contributed by atoms with E-state index < -0.39 is 0 Å². The van der Waals surface area contributed by atoms with Crippen molar-refractivity contribution in [2.24, 2.45) is 0 Å². The molecular weight excluding hydrogens is 224 g/mol.